The van der Waals surface area contributed by atoms with E-state index in [-0.39, 0.29) is 30.6 Å². The maximum Gasteiger partial charge on any atom is 0.295 e. The molecule has 0 saturated carbocycles. The van der Waals surface area contributed by atoms with Crippen LogP contribution in [0.15, 0.2) is 54.4 Å². The number of nitrogens with zero attached hydrogens (tertiary/aromatic N) is 2. The first kappa shape index (κ1) is 22.5. The van der Waals surface area contributed by atoms with Gasteiger partial charge in [-0.3, -0.25) is 14.6 Å². The Morgan fingerprint density at radius 3 is 2.39 bits per heavy atom. The van der Waals surface area contributed by atoms with Gasteiger partial charge >= 0.3 is 0 Å². The molecule has 1 unspecified atom stereocenters. The number of hydrogen-bond donors (Lipinski definition) is 1. The molecule has 1 amide bonds. The quantitative estimate of drug-likeness (QED) is 0.375. The number of hydrogen-bond acceptors (Lipinski definition) is 6. The number of pyridine rings is 1. The molecular formula is C24H28N2O5. The SMILES string of the molecule is CCCOc1ccc(/C(O)=C2/C(=O)C(=O)N(CCOC(C)C)C2c2ccncc2)cc1. The van der Waals surface area contributed by atoms with Gasteiger partial charge < -0.3 is 19.5 Å². The number of Topliss-reactive ketones (excluding diaryl/α,β-unsaturated/α-hetero) is 1. The summed E-state index contributed by atoms with van der Waals surface area (Å²) in [5.41, 5.74) is 1.20. The molecule has 1 saturated heterocycles. The molecule has 1 aliphatic rings. The number of carbonyl (C=O) groups is 2. The molecule has 1 aliphatic heterocycles. The zero-order valence-corrected chi connectivity index (χ0v) is 18.1. The van der Waals surface area contributed by atoms with Gasteiger partial charge in [-0.25, -0.2) is 0 Å². The highest BCUT2D eigenvalue weighted by atomic mass is 16.5. The molecule has 1 N–H and O–H groups in total. The summed E-state index contributed by atoms with van der Waals surface area (Å²) in [7, 11) is 0. The second-order valence-corrected chi connectivity index (χ2v) is 7.57. The Morgan fingerprint density at radius 2 is 1.77 bits per heavy atom. The van der Waals surface area contributed by atoms with Crippen molar-refractivity contribution >= 4 is 17.4 Å². The molecule has 0 aliphatic carbocycles. The molecule has 0 radical (unpaired) electrons. The first-order valence-electron chi connectivity index (χ1n) is 10.5. The van der Waals surface area contributed by atoms with Crippen molar-refractivity contribution in [1.29, 1.82) is 0 Å². The number of benzene rings is 1. The number of aliphatic hydroxyl groups excluding tert-OH is 1. The Kier molecular flexibility index (Phi) is 7.41. The van der Waals surface area contributed by atoms with Crippen molar-refractivity contribution in [3.05, 3.63) is 65.5 Å². The number of ether oxygens (including phenoxy) is 2. The molecule has 31 heavy (non-hydrogen) atoms. The minimum Gasteiger partial charge on any atom is -0.507 e. The van der Waals surface area contributed by atoms with Gasteiger partial charge in [0.15, 0.2) is 0 Å². The van der Waals surface area contributed by atoms with E-state index >= 15 is 0 Å². The second kappa shape index (κ2) is 10.2. The maximum absolute atomic E-state index is 12.9. The zero-order chi connectivity index (χ0) is 22.4. The molecule has 2 heterocycles. The third-order valence-corrected chi connectivity index (χ3v) is 4.95. The van der Waals surface area contributed by atoms with Crippen molar-refractivity contribution < 1.29 is 24.2 Å². The normalized spacial score (nSPS) is 18.1. The van der Waals surface area contributed by atoms with Crippen molar-refractivity contribution in [3.8, 4) is 5.75 Å². The maximum atomic E-state index is 12.9. The van der Waals surface area contributed by atoms with Crippen LogP contribution >= 0.6 is 0 Å². The lowest BCUT2D eigenvalue weighted by molar-refractivity contribution is -0.140. The molecule has 0 bridgehead atoms. The fraction of sp³-hybridized carbons (Fsp3) is 0.375. The van der Waals surface area contributed by atoms with E-state index in [9.17, 15) is 14.7 Å². The van der Waals surface area contributed by atoms with Crippen LogP contribution in [-0.4, -0.2) is 52.5 Å². The Labute approximate surface area is 182 Å². The minimum absolute atomic E-state index is 0.00430. The van der Waals surface area contributed by atoms with Crippen LogP contribution in [0.3, 0.4) is 0 Å². The van der Waals surface area contributed by atoms with Crippen LogP contribution in [0.5, 0.6) is 5.75 Å². The monoisotopic (exact) mass is 424 g/mol. The Morgan fingerprint density at radius 1 is 1.10 bits per heavy atom. The third-order valence-electron chi connectivity index (χ3n) is 4.95. The van der Waals surface area contributed by atoms with Crippen LogP contribution in [0.1, 0.15) is 44.4 Å². The van der Waals surface area contributed by atoms with Gasteiger partial charge in [-0.15, -0.1) is 0 Å². The van der Waals surface area contributed by atoms with Crippen molar-refractivity contribution in [2.75, 3.05) is 19.8 Å². The fourth-order valence-electron chi connectivity index (χ4n) is 3.47. The third kappa shape index (κ3) is 5.11. The van der Waals surface area contributed by atoms with E-state index in [0.29, 0.717) is 23.5 Å². The molecule has 1 aromatic carbocycles. The van der Waals surface area contributed by atoms with E-state index in [1.165, 1.54) is 4.90 Å². The lowest BCUT2D eigenvalue weighted by Crippen LogP contribution is -2.33. The average Bonchev–Trinajstić information content (AvgIpc) is 3.03. The van der Waals surface area contributed by atoms with Crippen molar-refractivity contribution in [2.45, 2.75) is 39.3 Å². The number of carbonyl (C=O) groups excluding carboxylic acids is 2. The Bertz CT molecular complexity index is 938. The van der Waals surface area contributed by atoms with Crippen LogP contribution in [-0.2, 0) is 14.3 Å². The van der Waals surface area contributed by atoms with E-state index in [2.05, 4.69) is 4.98 Å². The van der Waals surface area contributed by atoms with Gasteiger partial charge in [0.25, 0.3) is 11.7 Å². The molecule has 164 valence electrons. The summed E-state index contributed by atoms with van der Waals surface area (Å²) in [6.07, 6.45) is 4.09. The second-order valence-electron chi connectivity index (χ2n) is 7.57. The fourth-order valence-corrected chi connectivity index (χ4v) is 3.47. The van der Waals surface area contributed by atoms with E-state index in [0.717, 1.165) is 6.42 Å². The smallest absolute Gasteiger partial charge is 0.295 e. The molecule has 7 heteroatoms. The van der Waals surface area contributed by atoms with E-state index in [1.54, 1.807) is 48.8 Å². The number of rotatable bonds is 9. The summed E-state index contributed by atoms with van der Waals surface area (Å²) in [5.74, 6) is -0.904. The Hall–Kier alpha value is -3.19. The average molecular weight is 424 g/mol. The van der Waals surface area contributed by atoms with Gasteiger partial charge in [-0.1, -0.05) is 6.92 Å². The predicted molar refractivity (Wildman–Crippen MR) is 117 cm³/mol. The molecule has 1 aromatic heterocycles. The Balaban J connectivity index is 1.99. The molecule has 2 aromatic rings. The molecule has 0 spiro atoms. The van der Waals surface area contributed by atoms with Gasteiger partial charge in [0.1, 0.15) is 11.5 Å². The number of aromatic nitrogens is 1. The van der Waals surface area contributed by atoms with Crippen molar-refractivity contribution in [2.24, 2.45) is 0 Å². The molecule has 1 fully saturated rings. The highest BCUT2D eigenvalue weighted by Gasteiger charge is 2.45. The summed E-state index contributed by atoms with van der Waals surface area (Å²) in [5, 5.41) is 11.0. The van der Waals surface area contributed by atoms with Gasteiger partial charge in [0.2, 0.25) is 0 Å². The van der Waals surface area contributed by atoms with Crippen molar-refractivity contribution in [1.82, 2.24) is 9.88 Å². The first-order chi connectivity index (χ1) is 14.9. The van der Waals surface area contributed by atoms with Crippen LogP contribution in [0, 0.1) is 0 Å². The van der Waals surface area contributed by atoms with Crippen LogP contribution < -0.4 is 4.74 Å². The molecule has 3 rings (SSSR count). The molecule has 7 nitrogen and oxygen atoms in total. The van der Waals surface area contributed by atoms with E-state index < -0.39 is 17.7 Å². The van der Waals surface area contributed by atoms with Gasteiger partial charge in [-0.05, 0) is 62.2 Å². The predicted octanol–water partition coefficient (Wildman–Crippen LogP) is 3.72. The first-order valence-corrected chi connectivity index (χ1v) is 10.5. The number of amides is 1. The minimum atomic E-state index is -0.713. The lowest BCUT2D eigenvalue weighted by atomic mass is 9.96. The lowest BCUT2D eigenvalue weighted by Gasteiger charge is -2.25. The van der Waals surface area contributed by atoms with Crippen LogP contribution in [0.4, 0.5) is 0 Å². The topological polar surface area (TPSA) is 89.0 Å². The summed E-state index contributed by atoms with van der Waals surface area (Å²) in [6, 6.07) is 9.59. The number of likely N-dealkylation sites (tertiary alicyclic amines) is 1. The highest BCUT2D eigenvalue weighted by Crippen LogP contribution is 2.39. The number of ketones is 1. The summed E-state index contributed by atoms with van der Waals surface area (Å²) in [6.45, 7) is 6.94. The largest absolute Gasteiger partial charge is 0.507 e. The molecule has 1 atom stereocenters. The standard InChI is InChI=1S/C24H28N2O5/c1-4-14-31-19-7-5-18(6-8-19)22(27)20-21(17-9-11-25-12-10-17)26(24(29)23(20)28)13-15-30-16(2)3/h5-12,16,21,27H,4,13-15H2,1-3H3/b22-20-. The zero-order valence-electron chi connectivity index (χ0n) is 18.1. The van der Waals surface area contributed by atoms with E-state index in [1.807, 2.05) is 20.8 Å². The summed E-state index contributed by atoms with van der Waals surface area (Å²) >= 11 is 0. The summed E-state index contributed by atoms with van der Waals surface area (Å²) in [4.78, 5) is 31.2. The van der Waals surface area contributed by atoms with Gasteiger partial charge in [-0.2, -0.15) is 0 Å². The van der Waals surface area contributed by atoms with Crippen molar-refractivity contribution in [3.63, 3.8) is 0 Å². The molecular weight excluding hydrogens is 396 g/mol. The summed E-state index contributed by atoms with van der Waals surface area (Å²) < 4.78 is 11.2. The van der Waals surface area contributed by atoms with Gasteiger partial charge in [0, 0.05) is 24.5 Å². The highest BCUT2D eigenvalue weighted by molar-refractivity contribution is 6.46. The van der Waals surface area contributed by atoms with E-state index in [4.69, 9.17) is 9.47 Å². The number of aliphatic hydroxyl groups is 1. The van der Waals surface area contributed by atoms with Crippen LogP contribution in [0.2, 0.25) is 0 Å². The van der Waals surface area contributed by atoms with Crippen LogP contribution in [0.25, 0.3) is 5.76 Å². The van der Waals surface area contributed by atoms with Gasteiger partial charge in [0.05, 0.1) is 30.9 Å².